The van der Waals surface area contributed by atoms with Gasteiger partial charge in [0, 0.05) is 11.4 Å². The molecule has 0 aliphatic rings. The molecule has 0 fully saturated rings. The van der Waals surface area contributed by atoms with Crippen LogP contribution in [-0.4, -0.2) is 23.7 Å². The molecular weight excluding hydrogens is 210 g/mol. The summed E-state index contributed by atoms with van der Waals surface area (Å²) in [6, 6.07) is 1.90. The number of rotatable bonds is 4. The van der Waals surface area contributed by atoms with Crippen LogP contribution in [0.4, 0.5) is 0 Å². The highest BCUT2D eigenvalue weighted by Gasteiger charge is 2.11. The van der Waals surface area contributed by atoms with Crippen LogP contribution in [0.15, 0.2) is 6.07 Å². The highest BCUT2D eigenvalue weighted by molar-refractivity contribution is 7.14. The zero-order valence-electron chi connectivity index (χ0n) is 9.33. The van der Waals surface area contributed by atoms with Crippen molar-refractivity contribution in [3.8, 4) is 0 Å². The van der Waals surface area contributed by atoms with Gasteiger partial charge in [-0.15, -0.1) is 11.3 Å². The fourth-order valence-electron chi connectivity index (χ4n) is 1.31. The predicted octanol–water partition coefficient (Wildman–Crippen LogP) is 1.73. The third-order valence-corrected chi connectivity index (χ3v) is 3.50. The SMILES string of the molecule is CCc1sc(C(=O)NC[C@@H](C)O)cc1C. The maximum atomic E-state index is 11.6. The van der Waals surface area contributed by atoms with Gasteiger partial charge in [-0.3, -0.25) is 4.79 Å². The van der Waals surface area contributed by atoms with Crippen LogP contribution in [0.5, 0.6) is 0 Å². The van der Waals surface area contributed by atoms with Gasteiger partial charge in [-0.25, -0.2) is 0 Å². The number of hydrogen-bond acceptors (Lipinski definition) is 3. The highest BCUT2D eigenvalue weighted by atomic mass is 32.1. The molecule has 84 valence electrons. The maximum Gasteiger partial charge on any atom is 0.261 e. The number of nitrogens with one attached hydrogen (secondary N) is 1. The topological polar surface area (TPSA) is 49.3 Å². The summed E-state index contributed by atoms with van der Waals surface area (Å²) in [5.74, 6) is -0.0938. The summed E-state index contributed by atoms with van der Waals surface area (Å²) >= 11 is 1.53. The lowest BCUT2D eigenvalue weighted by Gasteiger charge is -2.04. The third kappa shape index (κ3) is 3.32. The first-order valence-corrected chi connectivity index (χ1v) is 5.91. The maximum absolute atomic E-state index is 11.6. The first-order chi connectivity index (χ1) is 7.04. The summed E-state index contributed by atoms with van der Waals surface area (Å²) in [6.07, 6.45) is 0.459. The third-order valence-electron chi connectivity index (χ3n) is 2.12. The Kier molecular flexibility index (Phi) is 4.29. The normalized spacial score (nSPS) is 12.5. The Morgan fingerprint density at radius 2 is 2.33 bits per heavy atom. The Hall–Kier alpha value is -0.870. The zero-order valence-corrected chi connectivity index (χ0v) is 10.1. The molecule has 1 heterocycles. The van der Waals surface area contributed by atoms with Crippen molar-refractivity contribution in [2.45, 2.75) is 33.3 Å². The quantitative estimate of drug-likeness (QED) is 0.823. The van der Waals surface area contributed by atoms with Gasteiger partial charge < -0.3 is 10.4 Å². The largest absolute Gasteiger partial charge is 0.392 e. The Labute approximate surface area is 94.1 Å². The molecule has 4 heteroatoms. The van der Waals surface area contributed by atoms with Crippen LogP contribution in [-0.2, 0) is 6.42 Å². The first-order valence-electron chi connectivity index (χ1n) is 5.10. The van der Waals surface area contributed by atoms with Crippen molar-refractivity contribution < 1.29 is 9.90 Å². The summed E-state index contributed by atoms with van der Waals surface area (Å²) in [4.78, 5) is 13.6. The Morgan fingerprint density at radius 1 is 1.67 bits per heavy atom. The first kappa shape index (κ1) is 12.2. The van der Waals surface area contributed by atoms with E-state index in [9.17, 15) is 4.79 Å². The number of carbonyl (C=O) groups excluding carboxylic acids is 1. The molecule has 1 atom stereocenters. The van der Waals surface area contributed by atoms with E-state index in [0.29, 0.717) is 6.54 Å². The Morgan fingerprint density at radius 3 is 2.80 bits per heavy atom. The number of hydrogen-bond donors (Lipinski definition) is 2. The number of amides is 1. The van der Waals surface area contributed by atoms with Crippen molar-refractivity contribution in [1.82, 2.24) is 5.32 Å². The van der Waals surface area contributed by atoms with E-state index in [-0.39, 0.29) is 5.91 Å². The van der Waals surface area contributed by atoms with E-state index in [0.717, 1.165) is 11.3 Å². The summed E-state index contributed by atoms with van der Waals surface area (Å²) in [5.41, 5.74) is 1.17. The van der Waals surface area contributed by atoms with Crippen LogP contribution in [0.1, 0.15) is 34.0 Å². The highest BCUT2D eigenvalue weighted by Crippen LogP contribution is 2.22. The van der Waals surface area contributed by atoms with Gasteiger partial charge in [0.15, 0.2) is 0 Å². The van der Waals surface area contributed by atoms with Crippen molar-refractivity contribution in [3.63, 3.8) is 0 Å². The number of aliphatic hydroxyl groups excluding tert-OH is 1. The molecule has 0 saturated heterocycles. The van der Waals surface area contributed by atoms with E-state index in [1.807, 2.05) is 13.0 Å². The molecule has 1 aromatic heterocycles. The predicted molar refractivity (Wildman–Crippen MR) is 62.4 cm³/mol. The Bertz CT molecular complexity index is 344. The van der Waals surface area contributed by atoms with Crippen molar-refractivity contribution in [2.75, 3.05) is 6.54 Å². The molecule has 0 saturated carbocycles. The zero-order chi connectivity index (χ0) is 11.4. The number of aliphatic hydroxyl groups is 1. The number of aryl methyl sites for hydroxylation is 2. The lowest BCUT2D eigenvalue weighted by molar-refractivity contribution is 0.0928. The van der Waals surface area contributed by atoms with Crippen LogP contribution in [0.3, 0.4) is 0 Å². The van der Waals surface area contributed by atoms with Gasteiger partial charge in [-0.1, -0.05) is 6.92 Å². The molecule has 1 rings (SSSR count). The summed E-state index contributed by atoms with van der Waals surface area (Å²) < 4.78 is 0. The van der Waals surface area contributed by atoms with Crippen LogP contribution < -0.4 is 5.32 Å². The summed E-state index contributed by atoms with van der Waals surface area (Å²) in [6.45, 7) is 6.05. The fraction of sp³-hybridized carbons (Fsp3) is 0.545. The molecule has 0 aliphatic heterocycles. The van der Waals surface area contributed by atoms with Crippen molar-refractivity contribution in [3.05, 3.63) is 21.4 Å². The van der Waals surface area contributed by atoms with Gasteiger partial charge in [-0.05, 0) is 31.9 Å². The van der Waals surface area contributed by atoms with Crippen LogP contribution >= 0.6 is 11.3 Å². The molecule has 3 nitrogen and oxygen atoms in total. The second-order valence-electron chi connectivity index (χ2n) is 3.63. The summed E-state index contributed by atoms with van der Waals surface area (Å²) in [7, 11) is 0. The van der Waals surface area contributed by atoms with Crippen molar-refractivity contribution in [2.24, 2.45) is 0 Å². The van der Waals surface area contributed by atoms with E-state index < -0.39 is 6.10 Å². The van der Waals surface area contributed by atoms with E-state index >= 15 is 0 Å². The van der Waals surface area contributed by atoms with Crippen LogP contribution in [0.2, 0.25) is 0 Å². The second-order valence-corrected chi connectivity index (χ2v) is 4.77. The van der Waals surface area contributed by atoms with Crippen molar-refractivity contribution >= 4 is 17.2 Å². The van der Waals surface area contributed by atoms with Gasteiger partial charge in [0.1, 0.15) is 0 Å². The minimum atomic E-state index is -0.499. The standard InChI is InChI=1S/C11H17NO2S/c1-4-9-7(2)5-10(15-9)11(14)12-6-8(3)13/h5,8,13H,4,6H2,1-3H3,(H,12,14)/t8-/m1/s1. The number of thiophene rings is 1. The van der Waals surface area contributed by atoms with Gasteiger partial charge >= 0.3 is 0 Å². The molecule has 0 spiro atoms. The van der Waals surface area contributed by atoms with Crippen LogP contribution in [0, 0.1) is 6.92 Å². The molecule has 15 heavy (non-hydrogen) atoms. The van der Waals surface area contributed by atoms with Gasteiger partial charge in [0.2, 0.25) is 0 Å². The molecule has 2 N–H and O–H groups in total. The molecule has 0 aliphatic carbocycles. The minimum Gasteiger partial charge on any atom is -0.392 e. The minimum absolute atomic E-state index is 0.0938. The van der Waals surface area contributed by atoms with Gasteiger partial charge in [-0.2, -0.15) is 0 Å². The van der Waals surface area contributed by atoms with E-state index in [1.54, 1.807) is 6.92 Å². The molecule has 0 unspecified atom stereocenters. The molecule has 1 amide bonds. The molecular formula is C11H17NO2S. The number of carbonyl (C=O) groups is 1. The molecule has 0 radical (unpaired) electrons. The lowest BCUT2D eigenvalue weighted by atomic mass is 10.2. The average molecular weight is 227 g/mol. The van der Waals surface area contributed by atoms with E-state index in [4.69, 9.17) is 5.11 Å². The van der Waals surface area contributed by atoms with Gasteiger partial charge in [0.05, 0.1) is 11.0 Å². The Balaban J connectivity index is 2.66. The summed E-state index contributed by atoms with van der Waals surface area (Å²) in [5, 5.41) is 11.7. The second kappa shape index (κ2) is 5.28. The van der Waals surface area contributed by atoms with E-state index in [1.165, 1.54) is 21.8 Å². The smallest absolute Gasteiger partial charge is 0.261 e. The lowest BCUT2D eigenvalue weighted by Crippen LogP contribution is -2.29. The van der Waals surface area contributed by atoms with Gasteiger partial charge in [0.25, 0.3) is 5.91 Å². The molecule has 1 aromatic rings. The fourth-order valence-corrected chi connectivity index (χ4v) is 2.34. The molecule has 0 aromatic carbocycles. The van der Waals surface area contributed by atoms with Crippen molar-refractivity contribution in [1.29, 1.82) is 0 Å². The monoisotopic (exact) mass is 227 g/mol. The average Bonchev–Trinajstić information content (AvgIpc) is 2.56. The van der Waals surface area contributed by atoms with E-state index in [2.05, 4.69) is 12.2 Å². The van der Waals surface area contributed by atoms with Crippen LogP contribution in [0.25, 0.3) is 0 Å². The molecule has 0 bridgehead atoms.